The molecule has 1 atom stereocenters. The van der Waals surface area contributed by atoms with Gasteiger partial charge in [-0.3, -0.25) is 4.79 Å². The SMILES string of the molecule is CCNC(=O)C(CN)Cc1ccc(C)cc1C. The Hall–Kier alpha value is -1.35. The summed E-state index contributed by atoms with van der Waals surface area (Å²) in [5, 5.41) is 2.83. The normalized spacial score (nSPS) is 12.2. The molecule has 3 nitrogen and oxygen atoms in total. The van der Waals surface area contributed by atoms with Crippen molar-refractivity contribution in [3.8, 4) is 0 Å². The van der Waals surface area contributed by atoms with Crippen molar-refractivity contribution in [1.29, 1.82) is 0 Å². The number of hydrogen-bond acceptors (Lipinski definition) is 2. The first-order valence-corrected chi connectivity index (χ1v) is 6.12. The van der Waals surface area contributed by atoms with Gasteiger partial charge in [-0.05, 0) is 38.3 Å². The van der Waals surface area contributed by atoms with E-state index in [1.54, 1.807) is 0 Å². The van der Waals surface area contributed by atoms with E-state index >= 15 is 0 Å². The molecule has 94 valence electrons. The van der Waals surface area contributed by atoms with Crippen LogP contribution in [0.5, 0.6) is 0 Å². The number of nitrogens with two attached hydrogens (primary N) is 1. The summed E-state index contributed by atoms with van der Waals surface area (Å²) in [5.41, 5.74) is 9.35. The van der Waals surface area contributed by atoms with Crippen LogP contribution in [-0.4, -0.2) is 19.0 Å². The molecule has 0 aromatic heterocycles. The van der Waals surface area contributed by atoms with Crippen molar-refractivity contribution in [3.05, 3.63) is 34.9 Å². The molecule has 1 amide bonds. The number of aryl methyl sites for hydroxylation is 2. The predicted molar refractivity (Wildman–Crippen MR) is 70.8 cm³/mol. The molecule has 0 aliphatic rings. The smallest absolute Gasteiger partial charge is 0.224 e. The Labute approximate surface area is 103 Å². The standard InChI is InChI=1S/C14H22N2O/c1-4-16-14(17)13(9-15)8-12-6-5-10(2)7-11(12)3/h5-7,13H,4,8-9,15H2,1-3H3,(H,16,17). The lowest BCUT2D eigenvalue weighted by Gasteiger charge is -2.15. The maximum Gasteiger partial charge on any atom is 0.224 e. The van der Waals surface area contributed by atoms with E-state index in [0.29, 0.717) is 19.5 Å². The van der Waals surface area contributed by atoms with Crippen LogP contribution >= 0.6 is 0 Å². The van der Waals surface area contributed by atoms with Gasteiger partial charge < -0.3 is 11.1 Å². The number of hydrogen-bond donors (Lipinski definition) is 2. The molecule has 3 heteroatoms. The Kier molecular flexibility index (Phi) is 5.16. The third-order valence-corrected chi connectivity index (χ3v) is 2.97. The van der Waals surface area contributed by atoms with E-state index in [9.17, 15) is 4.79 Å². The molecular weight excluding hydrogens is 212 g/mol. The highest BCUT2D eigenvalue weighted by atomic mass is 16.1. The van der Waals surface area contributed by atoms with Gasteiger partial charge in [0.05, 0.1) is 5.92 Å². The van der Waals surface area contributed by atoms with Crippen LogP contribution in [0.15, 0.2) is 18.2 Å². The van der Waals surface area contributed by atoms with Crippen molar-refractivity contribution in [1.82, 2.24) is 5.32 Å². The van der Waals surface area contributed by atoms with Gasteiger partial charge in [0.25, 0.3) is 0 Å². The van der Waals surface area contributed by atoms with Crippen molar-refractivity contribution in [2.75, 3.05) is 13.1 Å². The highest BCUT2D eigenvalue weighted by molar-refractivity contribution is 5.79. The summed E-state index contributed by atoms with van der Waals surface area (Å²) in [7, 11) is 0. The Balaban J connectivity index is 2.77. The fraction of sp³-hybridized carbons (Fsp3) is 0.500. The van der Waals surface area contributed by atoms with Gasteiger partial charge in [-0.15, -0.1) is 0 Å². The third kappa shape index (κ3) is 3.86. The Bertz CT molecular complexity index is 388. The molecule has 0 spiro atoms. The zero-order chi connectivity index (χ0) is 12.8. The summed E-state index contributed by atoms with van der Waals surface area (Å²) in [4.78, 5) is 11.8. The summed E-state index contributed by atoms with van der Waals surface area (Å²) in [5.74, 6) is -0.0775. The van der Waals surface area contributed by atoms with Gasteiger partial charge in [-0.25, -0.2) is 0 Å². The minimum absolute atomic E-state index is 0.0509. The lowest BCUT2D eigenvalue weighted by atomic mass is 9.94. The minimum Gasteiger partial charge on any atom is -0.356 e. The molecule has 3 N–H and O–H groups in total. The molecule has 1 unspecified atom stereocenters. The van der Waals surface area contributed by atoms with Gasteiger partial charge >= 0.3 is 0 Å². The van der Waals surface area contributed by atoms with Crippen LogP contribution in [0.4, 0.5) is 0 Å². The van der Waals surface area contributed by atoms with Crippen LogP contribution < -0.4 is 11.1 Å². The van der Waals surface area contributed by atoms with Crippen LogP contribution in [0.2, 0.25) is 0 Å². The summed E-state index contributed by atoms with van der Waals surface area (Å²) in [6.07, 6.45) is 0.717. The summed E-state index contributed by atoms with van der Waals surface area (Å²) >= 11 is 0. The number of rotatable bonds is 5. The molecule has 0 bridgehead atoms. The first-order valence-electron chi connectivity index (χ1n) is 6.12. The van der Waals surface area contributed by atoms with E-state index in [2.05, 4.69) is 37.4 Å². The van der Waals surface area contributed by atoms with Crippen LogP contribution in [0.3, 0.4) is 0 Å². The number of carbonyl (C=O) groups is 1. The fourth-order valence-electron chi connectivity index (χ4n) is 1.94. The molecule has 1 aromatic carbocycles. The van der Waals surface area contributed by atoms with Crippen LogP contribution in [0.1, 0.15) is 23.6 Å². The monoisotopic (exact) mass is 234 g/mol. The second-order valence-electron chi connectivity index (χ2n) is 4.46. The van der Waals surface area contributed by atoms with Crippen LogP contribution in [0.25, 0.3) is 0 Å². The van der Waals surface area contributed by atoms with Crippen molar-refractivity contribution >= 4 is 5.91 Å². The number of carbonyl (C=O) groups excluding carboxylic acids is 1. The molecule has 0 radical (unpaired) electrons. The third-order valence-electron chi connectivity index (χ3n) is 2.97. The average Bonchev–Trinajstić information content (AvgIpc) is 2.28. The van der Waals surface area contributed by atoms with Gasteiger partial charge in [-0.2, -0.15) is 0 Å². The van der Waals surface area contributed by atoms with Gasteiger partial charge in [-0.1, -0.05) is 23.8 Å². The number of nitrogens with one attached hydrogen (secondary N) is 1. The Morgan fingerprint density at radius 2 is 2.12 bits per heavy atom. The first kappa shape index (κ1) is 13.7. The molecule has 17 heavy (non-hydrogen) atoms. The quantitative estimate of drug-likeness (QED) is 0.812. The molecule has 0 aliphatic heterocycles. The van der Waals surface area contributed by atoms with E-state index < -0.39 is 0 Å². The van der Waals surface area contributed by atoms with E-state index in [0.717, 1.165) is 0 Å². The maximum absolute atomic E-state index is 11.8. The highest BCUT2D eigenvalue weighted by Gasteiger charge is 2.17. The number of amides is 1. The van der Waals surface area contributed by atoms with Gasteiger partial charge in [0.1, 0.15) is 0 Å². The topological polar surface area (TPSA) is 55.1 Å². The second kappa shape index (κ2) is 6.40. The molecule has 1 rings (SSSR count). The molecule has 0 saturated carbocycles. The van der Waals surface area contributed by atoms with Gasteiger partial charge in [0, 0.05) is 13.1 Å². The van der Waals surface area contributed by atoms with Crippen LogP contribution in [0, 0.1) is 19.8 Å². The van der Waals surface area contributed by atoms with Gasteiger partial charge in [0.15, 0.2) is 0 Å². The largest absolute Gasteiger partial charge is 0.356 e. The van der Waals surface area contributed by atoms with Crippen molar-refractivity contribution < 1.29 is 4.79 Å². The molecule has 0 aliphatic carbocycles. The predicted octanol–water partition coefficient (Wildman–Crippen LogP) is 1.56. The molecule has 0 heterocycles. The summed E-state index contributed by atoms with van der Waals surface area (Å²) < 4.78 is 0. The van der Waals surface area contributed by atoms with Crippen molar-refractivity contribution in [2.45, 2.75) is 27.2 Å². The van der Waals surface area contributed by atoms with Crippen molar-refractivity contribution in [3.63, 3.8) is 0 Å². The molecule has 0 fully saturated rings. The summed E-state index contributed by atoms with van der Waals surface area (Å²) in [6.45, 7) is 7.11. The first-order chi connectivity index (χ1) is 8.08. The van der Waals surface area contributed by atoms with Gasteiger partial charge in [0.2, 0.25) is 5.91 Å². The van der Waals surface area contributed by atoms with Crippen molar-refractivity contribution in [2.24, 2.45) is 11.7 Å². The Morgan fingerprint density at radius 1 is 1.41 bits per heavy atom. The fourth-order valence-corrected chi connectivity index (χ4v) is 1.94. The molecule has 0 saturated heterocycles. The van der Waals surface area contributed by atoms with E-state index in [4.69, 9.17) is 5.73 Å². The maximum atomic E-state index is 11.8. The lowest BCUT2D eigenvalue weighted by Crippen LogP contribution is -2.36. The van der Waals surface area contributed by atoms with Crippen LogP contribution in [-0.2, 0) is 11.2 Å². The highest BCUT2D eigenvalue weighted by Crippen LogP contribution is 2.15. The van der Waals surface area contributed by atoms with E-state index in [1.807, 2.05) is 6.92 Å². The molecule has 1 aromatic rings. The lowest BCUT2D eigenvalue weighted by molar-refractivity contribution is -0.124. The zero-order valence-electron chi connectivity index (χ0n) is 10.9. The Morgan fingerprint density at radius 3 is 2.65 bits per heavy atom. The van der Waals surface area contributed by atoms with E-state index in [-0.39, 0.29) is 11.8 Å². The summed E-state index contributed by atoms with van der Waals surface area (Å²) in [6, 6.07) is 6.31. The second-order valence-corrected chi connectivity index (χ2v) is 4.46. The number of benzene rings is 1. The average molecular weight is 234 g/mol. The van der Waals surface area contributed by atoms with E-state index in [1.165, 1.54) is 16.7 Å². The minimum atomic E-state index is -0.128. The zero-order valence-corrected chi connectivity index (χ0v) is 10.9. The molecular formula is C14H22N2O.